The van der Waals surface area contributed by atoms with Crippen molar-refractivity contribution in [1.29, 1.82) is 0 Å². The third-order valence-corrected chi connectivity index (χ3v) is 6.07. The Morgan fingerprint density at radius 1 is 0.969 bits per heavy atom. The van der Waals surface area contributed by atoms with Crippen LogP contribution in [0.3, 0.4) is 0 Å². The van der Waals surface area contributed by atoms with Gasteiger partial charge in [0, 0.05) is 17.1 Å². The van der Waals surface area contributed by atoms with E-state index in [0.29, 0.717) is 29.1 Å². The molecule has 3 aromatic carbocycles. The summed E-state index contributed by atoms with van der Waals surface area (Å²) in [4.78, 5) is 27.8. The lowest BCUT2D eigenvalue weighted by atomic mass is 9.93. The molecule has 1 atom stereocenters. The van der Waals surface area contributed by atoms with Gasteiger partial charge in [0.15, 0.2) is 0 Å². The Morgan fingerprint density at radius 3 is 2.44 bits per heavy atom. The van der Waals surface area contributed by atoms with E-state index in [1.54, 1.807) is 18.2 Å². The Labute approximate surface area is 192 Å². The number of rotatable bonds is 5. The van der Waals surface area contributed by atoms with Crippen LogP contribution in [-0.4, -0.2) is 28.2 Å². The molecule has 1 unspecified atom stereocenters. The largest absolute Gasteiger partial charge is 0.507 e. The van der Waals surface area contributed by atoms with Gasteiger partial charge >= 0.3 is 0 Å². The molecule has 1 aliphatic rings. The first-order valence-corrected chi connectivity index (χ1v) is 10.9. The van der Waals surface area contributed by atoms with Crippen molar-refractivity contribution < 1.29 is 14.7 Å². The van der Waals surface area contributed by atoms with Crippen LogP contribution >= 0.6 is 11.6 Å². The maximum Gasteiger partial charge on any atom is 0.295 e. The van der Waals surface area contributed by atoms with E-state index in [4.69, 9.17) is 11.6 Å². The molecule has 1 heterocycles. The fourth-order valence-electron chi connectivity index (χ4n) is 4.16. The molecule has 162 valence electrons. The number of ketones is 1. The number of halogens is 1. The normalized spacial score (nSPS) is 17.7. The summed E-state index contributed by atoms with van der Waals surface area (Å²) < 4.78 is 0. The Balaban J connectivity index is 1.83. The Kier molecular flexibility index (Phi) is 6.15. The molecule has 5 heteroatoms. The van der Waals surface area contributed by atoms with E-state index < -0.39 is 17.7 Å². The van der Waals surface area contributed by atoms with Crippen LogP contribution in [0, 0.1) is 13.8 Å². The molecule has 0 saturated carbocycles. The number of Topliss-reactive ketones (excluding diaryl/α,β-unsaturated/α-hetero) is 1. The second-order valence-electron chi connectivity index (χ2n) is 8.10. The second-order valence-corrected chi connectivity index (χ2v) is 8.54. The highest BCUT2D eigenvalue weighted by Gasteiger charge is 2.46. The topological polar surface area (TPSA) is 57.6 Å². The minimum absolute atomic E-state index is 0.0963. The molecule has 0 aliphatic carbocycles. The molecule has 4 rings (SSSR count). The van der Waals surface area contributed by atoms with Crippen LogP contribution in [0.1, 0.15) is 33.9 Å². The van der Waals surface area contributed by atoms with E-state index in [1.165, 1.54) is 4.90 Å². The van der Waals surface area contributed by atoms with E-state index in [-0.39, 0.29) is 11.3 Å². The van der Waals surface area contributed by atoms with Gasteiger partial charge in [-0.2, -0.15) is 0 Å². The van der Waals surface area contributed by atoms with E-state index >= 15 is 0 Å². The summed E-state index contributed by atoms with van der Waals surface area (Å²) in [5.74, 6) is -1.45. The van der Waals surface area contributed by atoms with Gasteiger partial charge in [-0.3, -0.25) is 9.59 Å². The zero-order chi connectivity index (χ0) is 22.8. The van der Waals surface area contributed by atoms with Crippen molar-refractivity contribution in [2.75, 3.05) is 6.54 Å². The maximum absolute atomic E-state index is 13.2. The number of benzene rings is 3. The van der Waals surface area contributed by atoms with Crippen LogP contribution in [-0.2, 0) is 16.0 Å². The van der Waals surface area contributed by atoms with Crippen molar-refractivity contribution in [3.8, 4) is 0 Å². The molecule has 1 aliphatic heterocycles. The lowest BCUT2D eigenvalue weighted by molar-refractivity contribution is -0.139. The fourth-order valence-corrected chi connectivity index (χ4v) is 4.36. The van der Waals surface area contributed by atoms with Gasteiger partial charge < -0.3 is 10.0 Å². The zero-order valence-electron chi connectivity index (χ0n) is 18.0. The summed E-state index contributed by atoms with van der Waals surface area (Å²) in [7, 11) is 0. The number of aliphatic hydroxyl groups excluding tert-OH is 1. The van der Waals surface area contributed by atoms with Crippen molar-refractivity contribution in [2.24, 2.45) is 0 Å². The standard InChI is InChI=1S/C27H24ClNO3/c1-17-11-12-18(2)22(15-17)25(30)23-24(20-9-6-10-21(28)16-20)29(27(32)26(23)31)14-13-19-7-4-3-5-8-19/h3-12,15-16,24,30H,13-14H2,1-2H3. The first-order valence-electron chi connectivity index (χ1n) is 10.5. The average molecular weight is 446 g/mol. The molecule has 3 aromatic rings. The van der Waals surface area contributed by atoms with Crippen LogP contribution < -0.4 is 0 Å². The molecule has 0 radical (unpaired) electrons. The predicted octanol–water partition coefficient (Wildman–Crippen LogP) is 5.62. The smallest absolute Gasteiger partial charge is 0.295 e. The quantitative estimate of drug-likeness (QED) is 0.315. The molecule has 1 N–H and O–H groups in total. The summed E-state index contributed by atoms with van der Waals surface area (Å²) in [6.07, 6.45) is 0.592. The predicted molar refractivity (Wildman–Crippen MR) is 127 cm³/mol. The molecule has 0 aromatic heterocycles. The third-order valence-electron chi connectivity index (χ3n) is 5.84. The van der Waals surface area contributed by atoms with Crippen LogP contribution in [0.5, 0.6) is 0 Å². The van der Waals surface area contributed by atoms with Crippen molar-refractivity contribution in [3.05, 3.63) is 111 Å². The number of hydrogen-bond acceptors (Lipinski definition) is 3. The van der Waals surface area contributed by atoms with Gasteiger partial charge in [0.2, 0.25) is 0 Å². The summed E-state index contributed by atoms with van der Waals surface area (Å²) in [5, 5.41) is 11.8. The fraction of sp³-hybridized carbons (Fsp3) is 0.185. The molecule has 0 spiro atoms. The minimum atomic E-state index is -0.711. The van der Waals surface area contributed by atoms with Gasteiger partial charge in [0.25, 0.3) is 11.7 Å². The van der Waals surface area contributed by atoms with Gasteiger partial charge in [0.1, 0.15) is 5.76 Å². The molecular formula is C27H24ClNO3. The van der Waals surface area contributed by atoms with Crippen molar-refractivity contribution >= 4 is 29.1 Å². The number of aliphatic hydroxyl groups is 1. The van der Waals surface area contributed by atoms with Gasteiger partial charge in [-0.05, 0) is 55.2 Å². The molecule has 1 amide bonds. The first-order chi connectivity index (χ1) is 15.4. The number of hydrogen-bond donors (Lipinski definition) is 1. The first kappa shape index (κ1) is 21.8. The van der Waals surface area contributed by atoms with E-state index in [0.717, 1.165) is 16.7 Å². The maximum atomic E-state index is 13.2. The lowest BCUT2D eigenvalue weighted by Gasteiger charge is -2.25. The molecular weight excluding hydrogens is 422 g/mol. The Bertz CT molecular complexity index is 1220. The Hall–Kier alpha value is -3.37. The van der Waals surface area contributed by atoms with Gasteiger partial charge in [-0.1, -0.05) is 71.8 Å². The second kappa shape index (κ2) is 9.01. The van der Waals surface area contributed by atoms with Gasteiger partial charge in [0.05, 0.1) is 11.6 Å². The number of carbonyl (C=O) groups is 2. The van der Waals surface area contributed by atoms with Crippen LogP contribution in [0.2, 0.25) is 5.02 Å². The summed E-state index contributed by atoms with van der Waals surface area (Å²) in [6, 6.07) is 21.8. The van der Waals surface area contributed by atoms with Crippen molar-refractivity contribution in [3.63, 3.8) is 0 Å². The number of likely N-dealkylation sites (tertiary alicyclic amines) is 1. The third kappa shape index (κ3) is 4.19. The Morgan fingerprint density at radius 2 is 1.72 bits per heavy atom. The van der Waals surface area contributed by atoms with Crippen LogP contribution in [0.25, 0.3) is 5.76 Å². The monoisotopic (exact) mass is 445 g/mol. The van der Waals surface area contributed by atoms with E-state index in [2.05, 4.69) is 0 Å². The highest BCUT2D eigenvalue weighted by atomic mass is 35.5. The summed E-state index contributed by atoms with van der Waals surface area (Å²) >= 11 is 6.24. The average Bonchev–Trinajstić information content (AvgIpc) is 3.04. The molecule has 32 heavy (non-hydrogen) atoms. The van der Waals surface area contributed by atoms with Gasteiger partial charge in [-0.25, -0.2) is 0 Å². The highest BCUT2D eigenvalue weighted by molar-refractivity contribution is 6.46. The number of aryl methyl sites for hydroxylation is 2. The highest BCUT2D eigenvalue weighted by Crippen LogP contribution is 2.40. The van der Waals surface area contributed by atoms with Crippen LogP contribution in [0.15, 0.2) is 78.4 Å². The molecule has 4 nitrogen and oxygen atoms in total. The van der Waals surface area contributed by atoms with Crippen molar-refractivity contribution in [1.82, 2.24) is 4.90 Å². The molecule has 1 fully saturated rings. The molecule has 1 saturated heterocycles. The van der Waals surface area contributed by atoms with E-state index in [9.17, 15) is 14.7 Å². The number of nitrogens with zero attached hydrogens (tertiary/aromatic N) is 1. The van der Waals surface area contributed by atoms with Gasteiger partial charge in [-0.15, -0.1) is 0 Å². The number of amides is 1. The molecule has 0 bridgehead atoms. The summed E-state index contributed by atoms with van der Waals surface area (Å²) in [6.45, 7) is 4.13. The van der Waals surface area contributed by atoms with Crippen LogP contribution in [0.4, 0.5) is 0 Å². The van der Waals surface area contributed by atoms with E-state index in [1.807, 2.05) is 68.4 Å². The zero-order valence-corrected chi connectivity index (χ0v) is 18.8. The lowest BCUT2D eigenvalue weighted by Crippen LogP contribution is -2.31. The minimum Gasteiger partial charge on any atom is -0.507 e. The summed E-state index contributed by atoms with van der Waals surface area (Å²) in [5.41, 5.74) is 4.19. The SMILES string of the molecule is Cc1ccc(C)c(C(O)=C2C(=O)C(=O)N(CCc3ccccc3)C2c2cccc(Cl)c2)c1. The number of carbonyl (C=O) groups excluding carboxylic acids is 2. The van der Waals surface area contributed by atoms with Crippen molar-refractivity contribution in [2.45, 2.75) is 26.3 Å².